The van der Waals surface area contributed by atoms with Gasteiger partial charge >= 0.3 is 6.09 Å². The molecule has 148 valence electrons. The minimum absolute atomic E-state index is 0. The van der Waals surface area contributed by atoms with Crippen molar-refractivity contribution in [3.63, 3.8) is 0 Å². The molecule has 0 saturated heterocycles. The van der Waals surface area contributed by atoms with Crippen molar-refractivity contribution < 1.29 is 9.53 Å². The second-order valence-electron chi connectivity index (χ2n) is 7.56. The molecule has 1 amide bonds. The van der Waals surface area contributed by atoms with Crippen molar-refractivity contribution in [3.8, 4) is 0 Å². The molecule has 0 aliphatic carbocycles. The minimum atomic E-state index is -0.522. The van der Waals surface area contributed by atoms with Gasteiger partial charge in [-0.2, -0.15) is 0 Å². The molecule has 0 aliphatic heterocycles. The number of ether oxygens (including phenoxy) is 1. The van der Waals surface area contributed by atoms with E-state index in [-0.39, 0.29) is 24.0 Å². The molecule has 0 aliphatic rings. The Morgan fingerprint density at radius 3 is 2.38 bits per heavy atom. The van der Waals surface area contributed by atoms with Crippen LogP contribution in [0.1, 0.15) is 46.0 Å². The Morgan fingerprint density at radius 2 is 1.85 bits per heavy atom. The molecule has 1 rings (SSSR count). The number of guanidine groups is 1. The van der Waals surface area contributed by atoms with Crippen molar-refractivity contribution in [3.05, 3.63) is 29.6 Å². The van der Waals surface area contributed by atoms with Crippen LogP contribution in [0.4, 0.5) is 4.79 Å². The number of hydrogen-bond donors (Lipinski definition) is 3. The van der Waals surface area contributed by atoms with Crippen molar-refractivity contribution in [2.75, 3.05) is 13.6 Å². The lowest BCUT2D eigenvalue weighted by molar-refractivity contribution is 0.0474. The molecule has 7 nitrogen and oxygen atoms in total. The number of carbonyl (C=O) groups is 1. The molecule has 3 N–H and O–H groups in total. The smallest absolute Gasteiger partial charge is 0.408 e. The lowest BCUT2D eigenvalue weighted by atomic mass is 10.1. The average Bonchev–Trinajstić information content (AvgIpc) is 2.44. The molecule has 0 saturated carbocycles. The summed E-state index contributed by atoms with van der Waals surface area (Å²) < 4.78 is 5.29. The molecule has 0 unspecified atom stereocenters. The quantitative estimate of drug-likeness (QED) is 0.345. The first kappa shape index (κ1) is 24.4. The predicted molar refractivity (Wildman–Crippen MR) is 116 cm³/mol. The first-order valence-corrected chi connectivity index (χ1v) is 8.39. The number of aryl methyl sites for hydroxylation is 1. The van der Waals surface area contributed by atoms with E-state index in [2.05, 4.69) is 25.9 Å². The van der Waals surface area contributed by atoms with Crippen molar-refractivity contribution in [2.24, 2.45) is 4.99 Å². The Balaban J connectivity index is 0.00000625. The summed E-state index contributed by atoms with van der Waals surface area (Å²) in [6, 6.07) is 5.89. The molecule has 0 atom stereocenters. The molecule has 1 aromatic rings. The van der Waals surface area contributed by atoms with Gasteiger partial charge in [0.15, 0.2) is 5.96 Å². The number of halogens is 1. The summed E-state index contributed by atoms with van der Waals surface area (Å²) in [5.41, 5.74) is 0.895. The van der Waals surface area contributed by atoms with Gasteiger partial charge in [0.2, 0.25) is 0 Å². The molecule has 0 spiro atoms. The van der Waals surface area contributed by atoms with E-state index >= 15 is 0 Å². The van der Waals surface area contributed by atoms with Gasteiger partial charge in [-0.15, -0.1) is 24.0 Å². The van der Waals surface area contributed by atoms with Crippen LogP contribution in [0.25, 0.3) is 0 Å². The number of alkyl carbamates (subject to hydrolysis) is 1. The molecule has 8 heteroatoms. The zero-order valence-corrected chi connectivity index (χ0v) is 19.1. The fourth-order valence-electron chi connectivity index (χ4n) is 2.02. The molecule has 0 radical (unpaired) electrons. The number of hydrogen-bond acceptors (Lipinski definition) is 4. The number of aromatic nitrogens is 1. The number of nitrogens with one attached hydrogen (secondary N) is 3. The first-order valence-electron chi connectivity index (χ1n) is 8.39. The van der Waals surface area contributed by atoms with Crippen molar-refractivity contribution >= 4 is 36.0 Å². The maximum absolute atomic E-state index is 11.9. The summed E-state index contributed by atoms with van der Waals surface area (Å²) in [5, 5.41) is 9.27. The van der Waals surface area contributed by atoms with Gasteiger partial charge in [0.05, 0.1) is 17.8 Å². The molecule has 26 heavy (non-hydrogen) atoms. The van der Waals surface area contributed by atoms with Crippen LogP contribution < -0.4 is 16.0 Å². The third kappa shape index (κ3) is 10.4. The molecule has 0 aromatic carbocycles. The first-order chi connectivity index (χ1) is 11.5. The van der Waals surface area contributed by atoms with E-state index in [1.807, 2.05) is 59.7 Å². The summed E-state index contributed by atoms with van der Waals surface area (Å²) in [6.07, 6.45) is -0.439. The molecule has 1 aromatic heterocycles. The highest BCUT2D eigenvalue weighted by Gasteiger charge is 2.24. The highest BCUT2D eigenvalue weighted by Crippen LogP contribution is 2.09. The van der Waals surface area contributed by atoms with Crippen LogP contribution in [0.3, 0.4) is 0 Å². The van der Waals surface area contributed by atoms with E-state index in [0.717, 1.165) is 11.4 Å². The number of rotatable bonds is 5. The van der Waals surface area contributed by atoms with Crippen LogP contribution >= 0.6 is 24.0 Å². The number of pyridine rings is 1. The summed E-state index contributed by atoms with van der Waals surface area (Å²) >= 11 is 0. The van der Waals surface area contributed by atoms with Crippen LogP contribution in [0.5, 0.6) is 0 Å². The van der Waals surface area contributed by atoms with Gasteiger partial charge in [0.25, 0.3) is 0 Å². The second kappa shape index (κ2) is 10.5. The molecule has 0 fully saturated rings. The molecule has 0 bridgehead atoms. The van der Waals surface area contributed by atoms with Crippen molar-refractivity contribution in [2.45, 2.75) is 59.2 Å². The normalized spacial score (nSPS) is 12.0. The van der Waals surface area contributed by atoms with Crippen LogP contribution in [0.2, 0.25) is 0 Å². The molecular weight excluding hydrogens is 445 g/mol. The highest BCUT2D eigenvalue weighted by atomic mass is 127. The Bertz CT molecular complexity index is 612. The van der Waals surface area contributed by atoms with E-state index in [1.165, 1.54) is 0 Å². The average molecular weight is 477 g/mol. The van der Waals surface area contributed by atoms with Gasteiger partial charge in [-0.25, -0.2) is 4.79 Å². The summed E-state index contributed by atoms with van der Waals surface area (Å²) in [5.74, 6) is 0.641. The molecular formula is C18H32IN5O2. The summed E-state index contributed by atoms with van der Waals surface area (Å²) in [4.78, 5) is 20.5. The van der Waals surface area contributed by atoms with Crippen LogP contribution in [0.15, 0.2) is 23.2 Å². The summed E-state index contributed by atoms with van der Waals surface area (Å²) in [7, 11) is 1.70. The zero-order valence-electron chi connectivity index (χ0n) is 16.8. The third-order valence-corrected chi connectivity index (χ3v) is 3.14. The SMILES string of the molecule is CN=C(NCc1cccc(C)n1)NCC(C)(C)NC(=O)OC(C)(C)C.I. The molecule has 1 heterocycles. The van der Waals surface area contributed by atoms with E-state index < -0.39 is 17.2 Å². The van der Waals surface area contributed by atoms with E-state index in [1.54, 1.807) is 7.05 Å². The van der Waals surface area contributed by atoms with Crippen LogP contribution in [-0.2, 0) is 11.3 Å². The number of aliphatic imine (C=N–C) groups is 1. The maximum atomic E-state index is 11.9. The van der Waals surface area contributed by atoms with Gasteiger partial charge in [-0.05, 0) is 53.7 Å². The van der Waals surface area contributed by atoms with E-state index in [4.69, 9.17) is 4.74 Å². The number of nitrogens with zero attached hydrogens (tertiary/aromatic N) is 2. The van der Waals surface area contributed by atoms with Gasteiger partial charge < -0.3 is 20.7 Å². The predicted octanol–water partition coefficient (Wildman–Crippen LogP) is 2.98. The zero-order chi connectivity index (χ0) is 19.1. The topological polar surface area (TPSA) is 87.6 Å². The van der Waals surface area contributed by atoms with Crippen LogP contribution in [0, 0.1) is 6.92 Å². The maximum Gasteiger partial charge on any atom is 0.408 e. The van der Waals surface area contributed by atoms with Crippen molar-refractivity contribution in [1.29, 1.82) is 0 Å². The van der Waals surface area contributed by atoms with E-state index in [0.29, 0.717) is 19.0 Å². The fourth-order valence-corrected chi connectivity index (χ4v) is 2.02. The second-order valence-corrected chi connectivity index (χ2v) is 7.56. The fraction of sp³-hybridized carbons (Fsp3) is 0.611. The van der Waals surface area contributed by atoms with Crippen molar-refractivity contribution in [1.82, 2.24) is 20.9 Å². The van der Waals surface area contributed by atoms with Gasteiger partial charge in [-0.3, -0.25) is 9.98 Å². The Hall–Kier alpha value is -1.58. The number of amides is 1. The highest BCUT2D eigenvalue weighted by molar-refractivity contribution is 14.0. The van der Waals surface area contributed by atoms with Crippen LogP contribution in [-0.4, -0.2) is 41.8 Å². The standard InChI is InChI=1S/C18H31N5O2.HI/c1-13-9-8-10-14(22-13)11-20-15(19-7)21-12-18(5,6)23-16(24)25-17(2,3)4;/h8-10H,11-12H2,1-7H3,(H,23,24)(H2,19,20,21);1H. The third-order valence-electron chi connectivity index (χ3n) is 3.14. The summed E-state index contributed by atoms with van der Waals surface area (Å²) in [6.45, 7) is 12.4. The van der Waals surface area contributed by atoms with Gasteiger partial charge in [0, 0.05) is 19.3 Å². The Labute approximate surface area is 173 Å². The lowest BCUT2D eigenvalue weighted by Crippen LogP contribution is -2.54. The lowest BCUT2D eigenvalue weighted by Gasteiger charge is -2.29. The van der Waals surface area contributed by atoms with Gasteiger partial charge in [0.1, 0.15) is 5.60 Å². The Morgan fingerprint density at radius 1 is 1.19 bits per heavy atom. The minimum Gasteiger partial charge on any atom is -0.444 e. The Kier molecular flexibility index (Phi) is 9.90. The monoisotopic (exact) mass is 477 g/mol. The van der Waals surface area contributed by atoms with Gasteiger partial charge in [-0.1, -0.05) is 6.07 Å². The number of carbonyl (C=O) groups excluding carboxylic acids is 1. The van der Waals surface area contributed by atoms with E-state index in [9.17, 15) is 4.79 Å². The largest absolute Gasteiger partial charge is 0.444 e.